The number of rotatable bonds is 8. The number of terminal acetylenes is 1. The molecule has 5 heteroatoms. The van der Waals surface area contributed by atoms with Crippen molar-refractivity contribution in [3.8, 4) is 18.2 Å². The van der Waals surface area contributed by atoms with Crippen molar-refractivity contribution in [1.82, 2.24) is 4.98 Å². The van der Waals surface area contributed by atoms with Gasteiger partial charge in [0, 0.05) is 24.2 Å². The molecule has 1 N–H and O–H groups in total. The second-order valence-corrected chi connectivity index (χ2v) is 8.22. The fraction of sp³-hybridized carbons (Fsp3) is 0.357. The van der Waals surface area contributed by atoms with Gasteiger partial charge in [0.2, 0.25) is 5.88 Å². The Balaban J connectivity index is 1.78. The molecule has 0 saturated heterocycles. The number of amidine groups is 1. The maximum absolute atomic E-state index is 5.75. The Morgan fingerprint density at radius 3 is 2.73 bits per heavy atom. The van der Waals surface area contributed by atoms with Gasteiger partial charge in [-0.25, -0.2) is 9.98 Å². The van der Waals surface area contributed by atoms with Crippen LogP contribution in [0.25, 0.3) is 0 Å². The Morgan fingerprint density at radius 1 is 1.30 bits per heavy atom. The standard InChI is InChI=1S/C28H34N4O/c1-7-10-17-33-28-21(5)20(4)27(18-29-28)32-16-15-24(9-3)26(19-32)31-22(6)30-25-13-11-23(8-2)12-14-25/h1,9,11-14,18H,3,8,10,15-17,19H2,2,4-6H3,(H,30,31). The van der Waals surface area contributed by atoms with Gasteiger partial charge in [0.25, 0.3) is 0 Å². The van der Waals surface area contributed by atoms with Gasteiger partial charge in [-0.3, -0.25) is 0 Å². The van der Waals surface area contributed by atoms with Gasteiger partial charge in [-0.15, -0.1) is 12.3 Å². The first-order valence-electron chi connectivity index (χ1n) is 11.5. The number of ether oxygens (including phenoxy) is 1. The molecule has 1 aromatic carbocycles. The summed E-state index contributed by atoms with van der Waals surface area (Å²) in [6.07, 6.45) is 11.6. The lowest BCUT2D eigenvalue weighted by atomic mass is 10.0. The van der Waals surface area contributed by atoms with Crippen molar-refractivity contribution in [3.63, 3.8) is 0 Å². The maximum atomic E-state index is 5.75. The van der Waals surface area contributed by atoms with Gasteiger partial charge in [0.05, 0.1) is 24.1 Å². The lowest BCUT2D eigenvalue weighted by Crippen LogP contribution is -2.32. The van der Waals surface area contributed by atoms with E-state index in [9.17, 15) is 0 Å². The molecule has 0 bridgehead atoms. The number of nitrogens with one attached hydrogen (secondary N) is 1. The normalized spacial score (nSPS) is 14.2. The first-order valence-corrected chi connectivity index (χ1v) is 11.5. The first-order chi connectivity index (χ1) is 16.0. The lowest BCUT2D eigenvalue weighted by Gasteiger charge is -2.32. The number of hydrogen-bond donors (Lipinski definition) is 1. The average Bonchev–Trinajstić information content (AvgIpc) is 2.82. The van der Waals surface area contributed by atoms with Crippen LogP contribution >= 0.6 is 0 Å². The van der Waals surface area contributed by atoms with Crippen molar-refractivity contribution in [3.05, 3.63) is 71.1 Å². The number of hydrogen-bond acceptors (Lipinski definition) is 4. The topological polar surface area (TPSA) is 49.8 Å². The fourth-order valence-electron chi connectivity index (χ4n) is 3.89. The summed E-state index contributed by atoms with van der Waals surface area (Å²) in [7, 11) is 0. The number of aryl methyl sites for hydroxylation is 1. The van der Waals surface area contributed by atoms with Crippen LogP contribution in [-0.2, 0) is 6.42 Å². The number of allylic oxidation sites excluding steroid dienone is 1. The summed E-state index contributed by atoms with van der Waals surface area (Å²) >= 11 is 0. The Labute approximate surface area is 198 Å². The van der Waals surface area contributed by atoms with Crippen LogP contribution in [0, 0.1) is 26.2 Å². The molecule has 0 atom stereocenters. The van der Waals surface area contributed by atoms with Crippen LogP contribution in [0.3, 0.4) is 0 Å². The minimum atomic E-state index is 0.477. The van der Waals surface area contributed by atoms with E-state index in [-0.39, 0.29) is 0 Å². The smallest absolute Gasteiger partial charge is 0.216 e. The van der Waals surface area contributed by atoms with Gasteiger partial charge >= 0.3 is 0 Å². The van der Waals surface area contributed by atoms with E-state index < -0.39 is 0 Å². The summed E-state index contributed by atoms with van der Waals surface area (Å²) in [5.74, 6) is 4.10. The summed E-state index contributed by atoms with van der Waals surface area (Å²) in [5.41, 5.74) is 7.88. The molecule has 0 unspecified atom stereocenters. The van der Waals surface area contributed by atoms with Gasteiger partial charge in [-0.2, -0.15) is 0 Å². The number of aromatic nitrogens is 1. The van der Waals surface area contributed by atoms with Gasteiger partial charge in [0.1, 0.15) is 12.4 Å². The minimum absolute atomic E-state index is 0.477. The minimum Gasteiger partial charge on any atom is -0.476 e. The highest BCUT2D eigenvalue weighted by molar-refractivity contribution is 5.94. The molecule has 2 heterocycles. The predicted octanol–water partition coefficient (Wildman–Crippen LogP) is 5.84. The second kappa shape index (κ2) is 11.4. The van der Waals surface area contributed by atoms with E-state index in [1.165, 1.54) is 11.1 Å². The highest BCUT2D eigenvalue weighted by atomic mass is 16.5. The van der Waals surface area contributed by atoms with E-state index in [1.807, 2.05) is 26.1 Å². The molecule has 172 valence electrons. The lowest BCUT2D eigenvalue weighted by molar-refractivity contribution is 0.312. The number of pyridine rings is 1. The van der Waals surface area contributed by atoms with Crippen molar-refractivity contribution < 1.29 is 4.74 Å². The van der Waals surface area contributed by atoms with Crippen LogP contribution in [-0.4, -0.2) is 30.5 Å². The average molecular weight is 443 g/mol. The molecule has 33 heavy (non-hydrogen) atoms. The van der Waals surface area contributed by atoms with Crippen molar-refractivity contribution in [2.45, 2.75) is 47.0 Å². The van der Waals surface area contributed by atoms with E-state index in [1.54, 1.807) is 0 Å². The number of nitrogens with zero attached hydrogens (tertiary/aromatic N) is 3. The van der Waals surface area contributed by atoms with Crippen molar-refractivity contribution >= 4 is 17.2 Å². The molecule has 1 aliphatic rings. The number of anilines is 2. The highest BCUT2D eigenvalue weighted by Crippen LogP contribution is 2.31. The summed E-state index contributed by atoms with van der Waals surface area (Å²) < 4.78 is 5.75. The number of aliphatic imine (C=N–C) groups is 1. The van der Waals surface area contributed by atoms with Crippen LogP contribution in [0.2, 0.25) is 0 Å². The van der Waals surface area contributed by atoms with Gasteiger partial charge in [0.15, 0.2) is 0 Å². The number of benzene rings is 1. The molecule has 3 rings (SSSR count). The quantitative estimate of drug-likeness (QED) is 0.241. The third-order valence-electron chi connectivity index (χ3n) is 6.00. The Morgan fingerprint density at radius 2 is 2.06 bits per heavy atom. The van der Waals surface area contributed by atoms with Gasteiger partial charge < -0.3 is 15.0 Å². The Bertz CT molecular complexity index is 1090. The molecule has 0 aliphatic carbocycles. The van der Waals surface area contributed by atoms with E-state index >= 15 is 0 Å². The zero-order valence-corrected chi connectivity index (χ0v) is 20.2. The molecule has 1 aromatic heterocycles. The van der Waals surface area contributed by atoms with Crippen molar-refractivity contribution in [2.24, 2.45) is 4.99 Å². The molecule has 2 aromatic rings. The van der Waals surface area contributed by atoms with Crippen LogP contribution in [0.4, 0.5) is 11.4 Å². The molecule has 0 saturated carbocycles. The summed E-state index contributed by atoms with van der Waals surface area (Å²) in [6.45, 7) is 14.4. The third-order valence-corrected chi connectivity index (χ3v) is 6.00. The molecular weight excluding hydrogens is 408 g/mol. The Kier molecular flexibility index (Phi) is 8.32. The first kappa shape index (κ1) is 24.1. The molecular formula is C28H34N4O. The maximum Gasteiger partial charge on any atom is 0.216 e. The van der Waals surface area contributed by atoms with E-state index in [4.69, 9.17) is 16.2 Å². The fourth-order valence-corrected chi connectivity index (χ4v) is 3.89. The van der Waals surface area contributed by atoms with Crippen LogP contribution in [0.5, 0.6) is 5.88 Å². The van der Waals surface area contributed by atoms with E-state index in [2.05, 4.69) is 65.8 Å². The summed E-state index contributed by atoms with van der Waals surface area (Å²) in [5, 5.41) is 3.41. The molecule has 5 nitrogen and oxygen atoms in total. The monoisotopic (exact) mass is 442 g/mol. The van der Waals surface area contributed by atoms with Crippen molar-refractivity contribution in [2.75, 3.05) is 29.9 Å². The predicted molar refractivity (Wildman–Crippen MR) is 139 cm³/mol. The SMILES string of the molecule is C#CCCOc1ncc(N2CCC(C=C)=C(N=C(C)Nc3ccc(CC)cc3)C2)c(C)c1C. The third kappa shape index (κ3) is 6.04. The summed E-state index contributed by atoms with van der Waals surface area (Å²) in [6, 6.07) is 8.48. The molecule has 0 radical (unpaired) electrons. The molecule has 0 fully saturated rings. The Hall–Kier alpha value is -3.52. The molecule has 1 aliphatic heterocycles. The second-order valence-electron chi connectivity index (χ2n) is 8.22. The van der Waals surface area contributed by atoms with Gasteiger partial charge in [-0.05, 0) is 62.4 Å². The summed E-state index contributed by atoms with van der Waals surface area (Å²) in [4.78, 5) is 11.8. The zero-order chi connectivity index (χ0) is 23.8. The van der Waals surface area contributed by atoms with Crippen LogP contribution < -0.4 is 15.0 Å². The molecule has 0 amide bonds. The van der Waals surface area contributed by atoms with Crippen molar-refractivity contribution in [1.29, 1.82) is 0 Å². The van der Waals surface area contributed by atoms with Crippen LogP contribution in [0.15, 0.2) is 59.4 Å². The van der Waals surface area contributed by atoms with E-state index in [0.29, 0.717) is 25.5 Å². The zero-order valence-electron chi connectivity index (χ0n) is 20.2. The molecule has 0 spiro atoms. The van der Waals surface area contributed by atoms with E-state index in [0.717, 1.165) is 53.4 Å². The van der Waals surface area contributed by atoms with Crippen LogP contribution in [0.1, 0.15) is 43.4 Å². The van der Waals surface area contributed by atoms with Gasteiger partial charge in [-0.1, -0.05) is 31.7 Å². The largest absolute Gasteiger partial charge is 0.476 e. The highest BCUT2D eigenvalue weighted by Gasteiger charge is 2.21.